The minimum absolute atomic E-state index is 0.170. The zero-order valence-electron chi connectivity index (χ0n) is 9.70. The van der Waals surface area contributed by atoms with Crippen LogP contribution in [-0.4, -0.2) is 44.3 Å². The molecule has 2 heterocycles. The molecule has 0 aromatic carbocycles. The number of rotatable bonds is 4. The van der Waals surface area contributed by atoms with Crippen molar-refractivity contribution in [3.05, 3.63) is 27.6 Å². The van der Waals surface area contributed by atoms with Gasteiger partial charge in [-0.25, -0.2) is 4.98 Å². The van der Waals surface area contributed by atoms with Crippen LogP contribution in [0.25, 0.3) is 4.96 Å². The molecule has 0 saturated carbocycles. The number of fused-ring (bicyclic) bond motifs is 1. The Balaban J connectivity index is 2.21. The maximum absolute atomic E-state index is 11.7. The fraction of sp³-hybridized carbons (Fsp3) is 0.500. The van der Waals surface area contributed by atoms with E-state index in [0.717, 1.165) is 0 Å². The quantitative estimate of drug-likeness (QED) is 0.829. The van der Waals surface area contributed by atoms with Gasteiger partial charge in [-0.3, -0.25) is 9.69 Å². The summed E-state index contributed by atoms with van der Waals surface area (Å²) in [6, 6.07) is 1.48. The summed E-state index contributed by atoms with van der Waals surface area (Å²) in [5.74, 6) is 0. The van der Waals surface area contributed by atoms with Crippen LogP contribution in [0.15, 0.2) is 16.4 Å². The number of aliphatic hydroxyl groups is 1. The molecule has 2 aromatic rings. The van der Waals surface area contributed by atoms with Crippen LogP contribution in [0.2, 0.25) is 0 Å². The van der Waals surface area contributed by atoms with Gasteiger partial charge in [-0.05, 0) is 14.0 Å². The first-order chi connectivity index (χ1) is 8.06. The molecule has 2 aromatic heterocycles. The second-order valence-electron chi connectivity index (χ2n) is 4.06. The Bertz CT molecular complexity index is 563. The van der Waals surface area contributed by atoms with Crippen LogP contribution in [0.1, 0.15) is 12.6 Å². The molecule has 0 aliphatic heterocycles. The molecule has 6 nitrogen and oxygen atoms in total. The van der Waals surface area contributed by atoms with E-state index in [1.165, 1.54) is 21.9 Å². The highest BCUT2D eigenvalue weighted by Crippen LogP contribution is 2.05. The average Bonchev–Trinajstić information content (AvgIpc) is 2.64. The first-order valence-electron chi connectivity index (χ1n) is 5.25. The molecule has 1 atom stereocenters. The van der Waals surface area contributed by atoms with Crippen LogP contribution in [0.4, 0.5) is 0 Å². The summed E-state index contributed by atoms with van der Waals surface area (Å²) in [5, 5.41) is 13.2. The second kappa shape index (κ2) is 4.91. The average molecular weight is 254 g/mol. The molecule has 0 saturated heterocycles. The van der Waals surface area contributed by atoms with E-state index in [1.54, 1.807) is 12.4 Å². The smallest absolute Gasteiger partial charge is 0.275 e. The number of aromatic nitrogens is 3. The summed E-state index contributed by atoms with van der Waals surface area (Å²) in [4.78, 5) is 18.5. The summed E-state index contributed by atoms with van der Waals surface area (Å²) in [6.45, 7) is 2.81. The van der Waals surface area contributed by atoms with E-state index in [4.69, 9.17) is 0 Å². The van der Waals surface area contributed by atoms with E-state index >= 15 is 0 Å². The molecule has 1 unspecified atom stereocenters. The third kappa shape index (κ3) is 2.87. The monoisotopic (exact) mass is 254 g/mol. The van der Waals surface area contributed by atoms with Crippen LogP contribution in [0.5, 0.6) is 0 Å². The van der Waals surface area contributed by atoms with Crippen molar-refractivity contribution in [3.8, 4) is 0 Å². The van der Waals surface area contributed by atoms with Gasteiger partial charge in [-0.2, -0.15) is 9.61 Å². The number of nitrogens with zero attached hydrogens (tertiary/aromatic N) is 4. The molecular formula is C10H14N4O2S. The molecule has 2 rings (SSSR count). The van der Waals surface area contributed by atoms with Gasteiger partial charge in [-0.15, -0.1) is 0 Å². The van der Waals surface area contributed by atoms with Crippen LogP contribution in [0, 0.1) is 0 Å². The molecule has 1 N–H and O–H groups in total. The maximum atomic E-state index is 11.7. The number of hydrogen-bond acceptors (Lipinski definition) is 6. The SMILES string of the molecule is CC(O)CN(C)Cc1cc(=O)n2ncsc2n1. The van der Waals surface area contributed by atoms with Crippen molar-refractivity contribution in [1.29, 1.82) is 0 Å². The highest BCUT2D eigenvalue weighted by Gasteiger charge is 2.08. The molecule has 0 amide bonds. The summed E-state index contributed by atoms with van der Waals surface area (Å²) in [6.07, 6.45) is -0.395. The second-order valence-corrected chi connectivity index (χ2v) is 4.88. The topological polar surface area (TPSA) is 70.7 Å². The lowest BCUT2D eigenvalue weighted by atomic mass is 10.3. The third-order valence-electron chi connectivity index (χ3n) is 2.25. The zero-order chi connectivity index (χ0) is 12.4. The maximum Gasteiger partial charge on any atom is 0.275 e. The molecule has 92 valence electrons. The largest absolute Gasteiger partial charge is 0.392 e. The van der Waals surface area contributed by atoms with Gasteiger partial charge in [0.05, 0.1) is 11.8 Å². The Hall–Kier alpha value is -1.31. The molecule has 0 bridgehead atoms. The van der Waals surface area contributed by atoms with Gasteiger partial charge in [-0.1, -0.05) is 11.3 Å². The van der Waals surface area contributed by atoms with Crippen molar-refractivity contribution >= 4 is 16.3 Å². The summed E-state index contributed by atoms with van der Waals surface area (Å²) >= 11 is 1.33. The van der Waals surface area contributed by atoms with E-state index in [9.17, 15) is 9.90 Å². The fourth-order valence-electron chi connectivity index (χ4n) is 1.67. The van der Waals surface area contributed by atoms with Crippen molar-refractivity contribution in [2.75, 3.05) is 13.6 Å². The minimum Gasteiger partial charge on any atom is -0.392 e. The highest BCUT2D eigenvalue weighted by atomic mass is 32.1. The molecule has 17 heavy (non-hydrogen) atoms. The molecule has 0 spiro atoms. The Labute approximate surface area is 102 Å². The van der Waals surface area contributed by atoms with Gasteiger partial charge < -0.3 is 5.11 Å². The summed E-state index contributed by atoms with van der Waals surface area (Å²) < 4.78 is 1.28. The van der Waals surface area contributed by atoms with Gasteiger partial charge >= 0.3 is 0 Å². The molecule has 0 aliphatic rings. The van der Waals surface area contributed by atoms with Crippen LogP contribution >= 0.6 is 11.3 Å². The van der Waals surface area contributed by atoms with E-state index in [1.807, 2.05) is 11.9 Å². The third-order valence-corrected chi connectivity index (χ3v) is 2.92. The fourth-order valence-corrected chi connectivity index (χ4v) is 2.32. The lowest BCUT2D eigenvalue weighted by Crippen LogP contribution is -2.28. The normalized spacial score (nSPS) is 13.4. The first-order valence-corrected chi connectivity index (χ1v) is 6.13. The minimum atomic E-state index is -0.395. The van der Waals surface area contributed by atoms with Gasteiger partial charge in [0.1, 0.15) is 5.51 Å². The van der Waals surface area contributed by atoms with Gasteiger partial charge in [0, 0.05) is 19.2 Å². The zero-order valence-corrected chi connectivity index (χ0v) is 10.5. The van der Waals surface area contributed by atoms with Crippen molar-refractivity contribution in [1.82, 2.24) is 19.5 Å². The Morgan fingerprint density at radius 3 is 3.12 bits per heavy atom. The van der Waals surface area contributed by atoms with Crippen molar-refractivity contribution in [2.45, 2.75) is 19.6 Å². The molecule has 7 heteroatoms. The van der Waals surface area contributed by atoms with Gasteiger partial charge in [0.15, 0.2) is 0 Å². The lowest BCUT2D eigenvalue weighted by molar-refractivity contribution is 0.138. The van der Waals surface area contributed by atoms with Crippen molar-refractivity contribution in [3.63, 3.8) is 0 Å². The Kier molecular flexibility index (Phi) is 3.51. The number of aliphatic hydroxyl groups excluding tert-OH is 1. The number of likely N-dealkylation sites (N-methyl/N-ethyl adjacent to an activating group) is 1. The van der Waals surface area contributed by atoms with Crippen LogP contribution in [-0.2, 0) is 6.54 Å². The summed E-state index contributed by atoms with van der Waals surface area (Å²) in [5.41, 5.74) is 2.12. The Morgan fingerprint density at radius 2 is 2.41 bits per heavy atom. The molecule has 0 radical (unpaired) electrons. The number of hydrogen-bond donors (Lipinski definition) is 1. The molecule has 0 fully saturated rings. The van der Waals surface area contributed by atoms with E-state index in [-0.39, 0.29) is 5.56 Å². The Morgan fingerprint density at radius 1 is 1.65 bits per heavy atom. The predicted molar refractivity (Wildman–Crippen MR) is 65.1 cm³/mol. The lowest BCUT2D eigenvalue weighted by Gasteiger charge is -2.17. The summed E-state index contributed by atoms with van der Waals surface area (Å²) in [7, 11) is 1.88. The van der Waals surface area contributed by atoms with Crippen molar-refractivity contribution < 1.29 is 5.11 Å². The van der Waals surface area contributed by atoms with Crippen molar-refractivity contribution in [2.24, 2.45) is 0 Å². The van der Waals surface area contributed by atoms with E-state index in [0.29, 0.717) is 23.7 Å². The predicted octanol–water partition coefficient (Wildman–Crippen LogP) is -0.0364. The van der Waals surface area contributed by atoms with Gasteiger partial charge in [0.2, 0.25) is 4.96 Å². The highest BCUT2D eigenvalue weighted by molar-refractivity contribution is 7.14. The van der Waals surface area contributed by atoms with E-state index < -0.39 is 6.10 Å². The standard InChI is InChI=1S/C10H14N4O2S/c1-7(15)4-13(2)5-8-3-9(16)14-10(12-8)17-6-11-14/h3,6-7,15H,4-5H2,1-2H3. The van der Waals surface area contributed by atoms with Crippen LogP contribution < -0.4 is 5.56 Å². The molecule has 0 aliphatic carbocycles. The van der Waals surface area contributed by atoms with Gasteiger partial charge in [0.25, 0.3) is 5.56 Å². The molecular weight excluding hydrogens is 240 g/mol. The first kappa shape index (κ1) is 12.2. The van der Waals surface area contributed by atoms with E-state index in [2.05, 4.69) is 10.1 Å². The van der Waals surface area contributed by atoms with Crippen LogP contribution in [0.3, 0.4) is 0 Å².